The van der Waals surface area contributed by atoms with E-state index < -0.39 is 0 Å². The maximum atomic E-state index is 12.8. The SMILES string of the molecule is CNc1nc(C(=O)N2CCn3nc(-c4ccccc4)nc3[C@@H]2C)cs1. The molecule has 25 heavy (non-hydrogen) atoms. The molecule has 1 aliphatic heterocycles. The number of thiazole rings is 1. The number of hydrogen-bond donors (Lipinski definition) is 1. The van der Waals surface area contributed by atoms with Gasteiger partial charge in [0, 0.05) is 24.5 Å². The Kier molecular flexibility index (Phi) is 3.96. The number of carbonyl (C=O) groups excluding carboxylic acids is 1. The largest absolute Gasteiger partial charge is 0.365 e. The number of benzene rings is 1. The average Bonchev–Trinajstić information content (AvgIpc) is 3.30. The van der Waals surface area contributed by atoms with Crippen molar-refractivity contribution in [3.8, 4) is 11.4 Å². The third kappa shape index (κ3) is 2.78. The second-order valence-corrected chi connectivity index (χ2v) is 6.70. The molecule has 1 N–H and O–H groups in total. The monoisotopic (exact) mass is 354 g/mol. The van der Waals surface area contributed by atoms with Crippen molar-refractivity contribution in [1.29, 1.82) is 0 Å². The molecule has 7 nitrogen and oxygen atoms in total. The van der Waals surface area contributed by atoms with E-state index in [1.807, 2.05) is 46.8 Å². The Labute approximate surface area is 149 Å². The Hall–Kier alpha value is -2.74. The number of nitrogens with zero attached hydrogens (tertiary/aromatic N) is 5. The van der Waals surface area contributed by atoms with E-state index in [-0.39, 0.29) is 11.9 Å². The Morgan fingerprint density at radius 2 is 2.04 bits per heavy atom. The number of rotatable bonds is 3. The standard InChI is InChI=1S/C17H18N6OS/c1-11-15-20-14(12-6-4-3-5-7-12)21-23(15)9-8-22(11)16(24)13-10-25-17(18-2)19-13/h3-7,10-11H,8-9H2,1-2H3,(H,18,19)/t11-/m0/s1. The number of nitrogens with one attached hydrogen (secondary N) is 1. The van der Waals surface area contributed by atoms with Crippen LogP contribution in [-0.2, 0) is 6.54 Å². The molecule has 8 heteroatoms. The summed E-state index contributed by atoms with van der Waals surface area (Å²) in [6.07, 6.45) is 0. The zero-order valence-electron chi connectivity index (χ0n) is 14.0. The van der Waals surface area contributed by atoms with Crippen LogP contribution in [0.25, 0.3) is 11.4 Å². The first kappa shape index (κ1) is 15.8. The molecule has 1 atom stereocenters. The maximum Gasteiger partial charge on any atom is 0.274 e. The molecule has 3 aromatic rings. The van der Waals surface area contributed by atoms with Crippen LogP contribution in [0.2, 0.25) is 0 Å². The van der Waals surface area contributed by atoms with Crippen LogP contribution in [0.1, 0.15) is 29.3 Å². The van der Waals surface area contributed by atoms with Crippen LogP contribution in [0, 0.1) is 0 Å². The van der Waals surface area contributed by atoms with E-state index in [2.05, 4.69) is 20.4 Å². The Morgan fingerprint density at radius 1 is 1.24 bits per heavy atom. The lowest BCUT2D eigenvalue weighted by Crippen LogP contribution is -2.41. The molecule has 0 radical (unpaired) electrons. The van der Waals surface area contributed by atoms with Crippen molar-refractivity contribution >= 4 is 22.4 Å². The number of amides is 1. The van der Waals surface area contributed by atoms with Gasteiger partial charge in [0.05, 0.1) is 12.6 Å². The number of anilines is 1. The van der Waals surface area contributed by atoms with Crippen molar-refractivity contribution in [2.75, 3.05) is 18.9 Å². The van der Waals surface area contributed by atoms with Crippen LogP contribution in [0.15, 0.2) is 35.7 Å². The van der Waals surface area contributed by atoms with Gasteiger partial charge in [-0.15, -0.1) is 11.3 Å². The van der Waals surface area contributed by atoms with Crippen molar-refractivity contribution in [3.05, 3.63) is 47.2 Å². The van der Waals surface area contributed by atoms with Crippen LogP contribution in [-0.4, -0.2) is 44.1 Å². The zero-order valence-corrected chi connectivity index (χ0v) is 14.8. The average molecular weight is 354 g/mol. The molecule has 1 amide bonds. The minimum atomic E-state index is -0.147. The number of carbonyl (C=O) groups is 1. The molecule has 0 aliphatic carbocycles. The molecule has 4 rings (SSSR count). The summed E-state index contributed by atoms with van der Waals surface area (Å²) in [4.78, 5) is 23.6. The lowest BCUT2D eigenvalue weighted by molar-refractivity contribution is 0.0625. The molecule has 128 valence electrons. The molecule has 3 heterocycles. The summed E-state index contributed by atoms with van der Waals surface area (Å²) in [6.45, 7) is 3.21. The summed E-state index contributed by atoms with van der Waals surface area (Å²) in [5.74, 6) is 1.44. The smallest absolute Gasteiger partial charge is 0.274 e. The highest BCUT2D eigenvalue weighted by molar-refractivity contribution is 7.13. The van der Waals surface area contributed by atoms with E-state index in [0.717, 1.165) is 16.5 Å². The highest BCUT2D eigenvalue weighted by Crippen LogP contribution is 2.28. The molecule has 0 spiro atoms. The highest BCUT2D eigenvalue weighted by Gasteiger charge is 2.32. The zero-order chi connectivity index (χ0) is 17.4. The van der Waals surface area contributed by atoms with E-state index in [1.165, 1.54) is 11.3 Å². The maximum absolute atomic E-state index is 12.8. The van der Waals surface area contributed by atoms with E-state index in [9.17, 15) is 4.79 Å². The molecule has 0 saturated carbocycles. The summed E-state index contributed by atoms with van der Waals surface area (Å²) in [5.41, 5.74) is 1.45. The van der Waals surface area contributed by atoms with Gasteiger partial charge in [-0.2, -0.15) is 5.10 Å². The summed E-state index contributed by atoms with van der Waals surface area (Å²) < 4.78 is 1.90. The van der Waals surface area contributed by atoms with Crippen LogP contribution in [0.5, 0.6) is 0 Å². The third-order valence-electron chi connectivity index (χ3n) is 4.32. The van der Waals surface area contributed by atoms with Crippen LogP contribution < -0.4 is 5.32 Å². The first-order chi connectivity index (χ1) is 12.2. The van der Waals surface area contributed by atoms with Gasteiger partial charge in [-0.05, 0) is 6.92 Å². The summed E-state index contributed by atoms with van der Waals surface area (Å²) >= 11 is 1.43. The Morgan fingerprint density at radius 3 is 2.76 bits per heavy atom. The predicted octanol–water partition coefficient (Wildman–Crippen LogP) is 2.66. The third-order valence-corrected chi connectivity index (χ3v) is 5.18. The lowest BCUT2D eigenvalue weighted by atomic mass is 10.2. The van der Waals surface area contributed by atoms with Gasteiger partial charge >= 0.3 is 0 Å². The van der Waals surface area contributed by atoms with Gasteiger partial charge in [-0.1, -0.05) is 30.3 Å². The van der Waals surface area contributed by atoms with Crippen LogP contribution in [0.4, 0.5) is 5.13 Å². The Balaban J connectivity index is 1.61. The second-order valence-electron chi connectivity index (χ2n) is 5.85. The highest BCUT2D eigenvalue weighted by atomic mass is 32.1. The number of hydrogen-bond acceptors (Lipinski definition) is 6. The molecule has 1 aliphatic rings. The number of aromatic nitrogens is 4. The van der Waals surface area contributed by atoms with Crippen molar-refractivity contribution in [2.45, 2.75) is 19.5 Å². The fourth-order valence-corrected chi connectivity index (χ4v) is 3.63. The second kappa shape index (κ2) is 6.29. The molecule has 2 aromatic heterocycles. The van der Waals surface area contributed by atoms with E-state index in [0.29, 0.717) is 24.6 Å². The molecular formula is C17H18N6OS. The van der Waals surface area contributed by atoms with Crippen molar-refractivity contribution in [2.24, 2.45) is 0 Å². The summed E-state index contributed by atoms with van der Waals surface area (Å²) in [7, 11) is 1.80. The van der Waals surface area contributed by atoms with Gasteiger partial charge in [0.1, 0.15) is 11.5 Å². The van der Waals surface area contributed by atoms with Crippen molar-refractivity contribution < 1.29 is 4.79 Å². The quantitative estimate of drug-likeness (QED) is 0.782. The van der Waals surface area contributed by atoms with Gasteiger partial charge in [0.15, 0.2) is 11.0 Å². The minimum Gasteiger partial charge on any atom is -0.365 e. The van der Waals surface area contributed by atoms with Gasteiger partial charge in [0.25, 0.3) is 5.91 Å². The van der Waals surface area contributed by atoms with Gasteiger partial charge in [-0.25, -0.2) is 14.6 Å². The van der Waals surface area contributed by atoms with Crippen LogP contribution in [0.3, 0.4) is 0 Å². The molecule has 0 bridgehead atoms. The topological polar surface area (TPSA) is 75.9 Å². The molecule has 0 unspecified atom stereocenters. The fourth-order valence-electron chi connectivity index (χ4n) is 2.98. The first-order valence-corrected chi connectivity index (χ1v) is 8.99. The summed E-state index contributed by atoms with van der Waals surface area (Å²) in [6, 6.07) is 9.74. The molecular weight excluding hydrogens is 336 g/mol. The van der Waals surface area contributed by atoms with Gasteiger partial charge < -0.3 is 10.2 Å². The Bertz CT molecular complexity index is 903. The first-order valence-electron chi connectivity index (χ1n) is 8.12. The lowest BCUT2D eigenvalue weighted by Gasteiger charge is -2.32. The normalized spacial score (nSPS) is 16.6. The van der Waals surface area contributed by atoms with Gasteiger partial charge in [-0.3, -0.25) is 4.79 Å². The van der Waals surface area contributed by atoms with E-state index >= 15 is 0 Å². The van der Waals surface area contributed by atoms with Crippen molar-refractivity contribution in [3.63, 3.8) is 0 Å². The van der Waals surface area contributed by atoms with Gasteiger partial charge in [0.2, 0.25) is 0 Å². The molecule has 1 aromatic carbocycles. The van der Waals surface area contributed by atoms with E-state index in [4.69, 9.17) is 0 Å². The van der Waals surface area contributed by atoms with Crippen LogP contribution >= 0.6 is 11.3 Å². The minimum absolute atomic E-state index is 0.0687. The molecule has 0 fully saturated rings. The predicted molar refractivity (Wildman–Crippen MR) is 96.6 cm³/mol. The number of fused-ring (bicyclic) bond motifs is 1. The summed E-state index contributed by atoms with van der Waals surface area (Å²) in [5, 5.41) is 10.1. The van der Waals surface area contributed by atoms with Crippen molar-refractivity contribution in [1.82, 2.24) is 24.6 Å². The van der Waals surface area contributed by atoms with E-state index in [1.54, 1.807) is 12.4 Å². The fraction of sp³-hybridized carbons (Fsp3) is 0.294. The molecule has 0 saturated heterocycles.